The van der Waals surface area contributed by atoms with Crippen molar-refractivity contribution in [1.82, 2.24) is 0 Å². The van der Waals surface area contributed by atoms with E-state index >= 15 is 0 Å². The highest BCUT2D eigenvalue weighted by molar-refractivity contribution is 9.12. The Morgan fingerprint density at radius 2 is 1.54 bits per heavy atom. The maximum absolute atomic E-state index is 10.0. The summed E-state index contributed by atoms with van der Waals surface area (Å²) in [6, 6.07) is 0. The Morgan fingerprint density at radius 1 is 1.08 bits per heavy atom. The van der Waals surface area contributed by atoms with E-state index in [1.54, 1.807) is 0 Å². The Hall–Kier alpha value is 0.920. The van der Waals surface area contributed by atoms with Gasteiger partial charge in [0.15, 0.2) is 0 Å². The summed E-state index contributed by atoms with van der Waals surface area (Å²) < 4.78 is 0. The summed E-state index contributed by atoms with van der Waals surface area (Å²) in [6.45, 7) is 8.61. The molecule has 1 N–H and O–H groups in total. The maximum atomic E-state index is 10.0. The van der Waals surface area contributed by atoms with Gasteiger partial charge < -0.3 is 5.11 Å². The zero-order valence-electron chi connectivity index (χ0n) is 8.64. The molecule has 0 bridgehead atoms. The summed E-state index contributed by atoms with van der Waals surface area (Å²) in [4.78, 5) is 0.733. The monoisotopic (exact) mass is 312 g/mol. The molecule has 0 aromatic rings. The van der Waals surface area contributed by atoms with Crippen molar-refractivity contribution in [2.75, 3.05) is 0 Å². The summed E-state index contributed by atoms with van der Waals surface area (Å²) >= 11 is 7.40. The predicted molar refractivity (Wildman–Crippen MR) is 63.6 cm³/mol. The van der Waals surface area contributed by atoms with Crippen LogP contribution in [0.2, 0.25) is 0 Å². The van der Waals surface area contributed by atoms with E-state index in [-0.39, 0.29) is 16.9 Å². The van der Waals surface area contributed by atoms with Crippen molar-refractivity contribution in [2.24, 2.45) is 10.8 Å². The quantitative estimate of drug-likeness (QED) is 0.680. The molecule has 3 atom stereocenters. The van der Waals surface area contributed by atoms with Gasteiger partial charge in [0, 0.05) is 15.1 Å². The van der Waals surface area contributed by atoms with Crippen molar-refractivity contribution in [2.45, 2.75) is 49.9 Å². The largest absolute Gasteiger partial charge is 0.393 e. The normalized spacial score (nSPS) is 43.2. The molecule has 0 saturated heterocycles. The SMILES string of the molecule is CC1(C)C[C@H](O)C(C)(C)[C@@H](Br)[C@@H]1Br. The number of aliphatic hydroxyl groups excluding tert-OH is 1. The van der Waals surface area contributed by atoms with Gasteiger partial charge in [0.2, 0.25) is 0 Å². The number of hydrogen-bond acceptors (Lipinski definition) is 1. The minimum atomic E-state index is -0.222. The molecule has 0 heterocycles. The molecule has 1 aliphatic rings. The first-order valence-corrected chi connectivity index (χ1v) is 6.49. The molecule has 0 aromatic heterocycles. The van der Waals surface area contributed by atoms with Crippen LogP contribution in [0.25, 0.3) is 0 Å². The number of aliphatic hydroxyl groups is 1. The van der Waals surface area contributed by atoms with Crippen LogP contribution >= 0.6 is 31.9 Å². The summed E-state index contributed by atoms with van der Waals surface area (Å²) in [5.74, 6) is 0. The Bertz CT molecular complexity index is 201. The van der Waals surface area contributed by atoms with Gasteiger partial charge in [-0.2, -0.15) is 0 Å². The molecule has 0 aromatic carbocycles. The molecule has 0 radical (unpaired) electrons. The van der Waals surface area contributed by atoms with E-state index in [4.69, 9.17) is 0 Å². The van der Waals surface area contributed by atoms with Crippen LogP contribution in [0, 0.1) is 10.8 Å². The third kappa shape index (κ3) is 1.98. The second-order valence-electron chi connectivity index (χ2n) is 5.33. The van der Waals surface area contributed by atoms with E-state index in [0.29, 0.717) is 9.65 Å². The third-order valence-corrected chi connectivity index (χ3v) is 7.48. The molecule has 0 amide bonds. The highest BCUT2D eigenvalue weighted by Crippen LogP contribution is 2.51. The zero-order chi connectivity index (χ0) is 10.4. The first-order chi connectivity index (χ1) is 5.69. The molecule has 3 heteroatoms. The van der Waals surface area contributed by atoms with Gasteiger partial charge in [-0.3, -0.25) is 0 Å². The average molecular weight is 314 g/mol. The molecule has 78 valence electrons. The van der Waals surface area contributed by atoms with Crippen molar-refractivity contribution in [3.05, 3.63) is 0 Å². The van der Waals surface area contributed by atoms with Gasteiger partial charge in [-0.1, -0.05) is 59.6 Å². The van der Waals surface area contributed by atoms with Gasteiger partial charge in [0.25, 0.3) is 0 Å². The summed E-state index contributed by atoms with van der Waals surface area (Å²) in [5, 5.41) is 10.0. The Labute approximate surface area is 97.5 Å². The highest BCUT2D eigenvalue weighted by atomic mass is 79.9. The minimum Gasteiger partial charge on any atom is -0.393 e. The first kappa shape index (κ1) is 12.0. The van der Waals surface area contributed by atoms with Crippen LogP contribution in [0.15, 0.2) is 0 Å². The lowest BCUT2D eigenvalue weighted by Crippen LogP contribution is -2.53. The van der Waals surface area contributed by atoms with Crippen molar-refractivity contribution < 1.29 is 5.11 Å². The van der Waals surface area contributed by atoms with Crippen molar-refractivity contribution in [1.29, 1.82) is 0 Å². The topological polar surface area (TPSA) is 20.2 Å². The fourth-order valence-electron chi connectivity index (χ4n) is 1.83. The lowest BCUT2D eigenvalue weighted by Gasteiger charge is -2.50. The summed E-state index contributed by atoms with van der Waals surface area (Å²) in [5.41, 5.74) is 0.104. The Morgan fingerprint density at radius 3 is 2.00 bits per heavy atom. The zero-order valence-corrected chi connectivity index (χ0v) is 11.8. The van der Waals surface area contributed by atoms with Crippen LogP contribution in [-0.2, 0) is 0 Å². The predicted octanol–water partition coefficient (Wildman–Crippen LogP) is 3.33. The lowest BCUT2D eigenvalue weighted by molar-refractivity contribution is -0.0205. The standard InChI is InChI=1S/C10H18Br2O/c1-9(2)5-6(13)10(3,4)8(12)7(9)11/h6-8,13H,5H2,1-4H3/t6-,7-,8-/m0/s1. The van der Waals surface area contributed by atoms with Crippen LogP contribution in [-0.4, -0.2) is 20.9 Å². The molecule has 1 aliphatic carbocycles. The van der Waals surface area contributed by atoms with Gasteiger partial charge in [-0.15, -0.1) is 0 Å². The van der Waals surface area contributed by atoms with Gasteiger partial charge in [0.1, 0.15) is 0 Å². The Kier molecular flexibility index (Phi) is 3.22. The molecule has 1 saturated carbocycles. The molecule has 0 spiro atoms. The molecule has 0 aliphatic heterocycles. The second kappa shape index (κ2) is 3.49. The number of hydrogen-bond donors (Lipinski definition) is 1. The van der Waals surface area contributed by atoms with Crippen LogP contribution < -0.4 is 0 Å². The number of rotatable bonds is 0. The van der Waals surface area contributed by atoms with E-state index in [9.17, 15) is 5.11 Å². The lowest BCUT2D eigenvalue weighted by atomic mass is 9.65. The Balaban J connectivity index is 2.93. The summed E-state index contributed by atoms with van der Waals surface area (Å²) in [7, 11) is 0. The van der Waals surface area contributed by atoms with Crippen LogP contribution in [0.4, 0.5) is 0 Å². The molecule has 1 rings (SSSR count). The maximum Gasteiger partial charge on any atom is 0.0607 e. The third-order valence-electron chi connectivity index (χ3n) is 3.29. The van der Waals surface area contributed by atoms with Gasteiger partial charge in [0.05, 0.1) is 6.10 Å². The molecule has 1 nitrogen and oxygen atoms in total. The molecular formula is C10H18Br2O. The fraction of sp³-hybridized carbons (Fsp3) is 1.00. The number of alkyl halides is 2. The van der Waals surface area contributed by atoms with Gasteiger partial charge in [-0.25, -0.2) is 0 Å². The molecule has 13 heavy (non-hydrogen) atoms. The van der Waals surface area contributed by atoms with Crippen LogP contribution in [0.3, 0.4) is 0 Å². The first-order valence-electron chi connectivity index (χ1n) is 4.66. The van der Waals surface area contributed by atoms with Crippen molar-refractivity contribution in [3.8, 4) is 0 Å². The smallest absolute Gasteiger partial charge is 0.0607 e. The van der Waals surface area contributed by atoms with Crippen LogP contribution in [0.5, 0.6) is 0 Å². The molecule has 0 unspecified atom stereocenters. The fourth-order valence-corrected chi connectivity index (χ4v) is 3.72. The van der Waals surface area contributed by atoms with Crippen molar-refractivity contribution in [3.63, 3.8) is 0 Å². The van der Waals surface area contributed by atoms with E-state index in [0.717, 1.165) is 6.42 Å². The molecule has 1 fully saturated rings. The van der Waals surface area contributed by atoms with E-state index in [2.05, 4.69) is 59.6 Å². The van der Waals surface area contributed by atoms with Gasteiger partial charge >= 0.3 is 0 Å². The highest BCUT2D eigenvalue weighted by Gasteiger charge is 2.50. The van der Waals surface area contributed by atoms with E-state index < -0.39 is 0 Å². The van der Waals surface area contributed by atoms with Crippen molar-refractivity contribution >= 4 is 31.9 Å². The molecular weight excluding hydrogens is 296 g/mol. The summed E-state index contributed by atoms with van der Waals surface area (Å²) in [6.07, 6.45) is 0.638. The minimum absolute atomic E-state index is 0.0519. The number of halogens is 2. The van der Waals surface area contributed by atoms with E-state index in [1.165, 1.54) is 0 Å². The van der Waals surface area contributed by atoms with Gasteiger partial charge in [-0.05, 0) is 11.8 Å². The average Bonchev–Trinajstić information content (AvgIpc) is 1.98. The second-order valence-corrected chi connectivity index (χ2v) is 7.31. The van der Waals surface area contributed by atoms with E-state index in [1.807, 2.05) is 0 Å². The van der Waals surface area contributed by atoms with Crippen LogP contribution in [0.1, 0.15) is 34.1 Å².